The smallest absolute Gasteiger partial charge is 0.326 e. The predicted molar refractivity (Wildman–Crippen MR) is 105 cm³/mol. The number of carbonyl (C=O) groups is 3. The predicted octanol–water partition coefficient (Wildman–Crippen LogP) is 3.47. The number of carboxylic acid groups (broad SMARTS) is 1. The molecule has 1 heterocycles. The molecular weight excluding hydrogens is 413 g/mol. The molecule has 0 saturated carbocycles. The van der Waals surface area contributed by atoms with Gasteiger partial charge in [0.25, 0.3) is 5.91 Å². The molecule has 27 heavy (non-hydrogen) atoms. The summed E-state index contributed by atoms with van der Waals surface area (Å²) in [6.07, 6.45) is -0.0927. The quantitative estimate of drug-likeness (QED) is 0.624. The topological polar surface area (TPSA) is 108 Å². The van der Waals surface area contributed by atoms with Gasteiger partial charge in [-0.05, 0) is 24.1 Å². The van der Waals surface area contributed by atoms with E-state index in [1.807, 2.05) is 0 Å². The van der Waals surface area contributed by atoms with Crippen molar-refractivity contribution in [2.45, 2.75) is 26.3 Å². The van der Waals surface area contributed by atoms with Crippen LogP contribution >= 0.6 is 34.5 Å². The zero-order valence-corrected chi connectivity index (χ0v) is 16.8. The highest BCUT2D eigenvalue weighted by atomic mass is 35.5. The van der Waals surface area contributed by atoms with Crippen LogP contribution < -0.4 is 10.6 Å². The van der Waals surface area contributed by atoms with Crippen LogP contribution in [0.4, 0.5) is 5.13 Å². The second-order valence-electron chi connectivity index (χ2n) is 6.03. The Morgan fingerprint density at radius 3 is 2.56 bits per heavy atom. The lowest BCUT2D eigenvalue weighted by Crippen LogP contribution is -2.44. The van der Waals surface area contributed by atoms with Crippen molar-refractivity contribution in [1.82, 2.24) is 10.3 Å². The maximum Gasteiger partial charge on any atom is 0.326 e. The first-order chi connectivity index (χ1) is 12.7. The number of carbonyl (C=O) groups excluding carboxylic acids is 2. The molecule has 0 aliphatic heterocycles. The molecule has 1 aromatic heterocycles. The summed E-state index contributed by atoms with van der Waals surface area (Å²) in [6.45, 7) is 3.41. The SMILES string of the molecule is CC(C)C(NC(=O)Cc1csc(NC(=O)c2ccc(Cl)cc2Cl)n1)C(=O)O. The normalized spacial score (nSPS) is 11.9. The van der Waals surface area contributed by atoms with Crippen molar-refractivity contribution in [1.29, 1.82) is 0 Å². The fourth-order valence-corrected chi connectivity index (χ4v) is 3.39. The van der Waals surface area contributed by atoms with E-state index in [4.69, 9.17) is 28.3 Å². The molecule has 7 nitrogen and oxygen atoms in total. The van der Waals surface area contributed by atoms with E-state index in [0.717, 1.165) is 11.3 Å². The number of halogens is 2. The molecule has 2 aromatic rings. The van der Waals surface area contributed by atoms with E-state index in [9.17, 15) is 14.4 Å². The summed E-state index contributed by atoms with van der Waals surface area (Å²) in [7, 11) is 0. The molecule has 3 N–H and O–H groups in total. The van der Waals surface area contributed by atoms with Crippen molar-refractivity contribution in [3.05, 3.63) is 44.9 Å². The first kappa shape index (κ1) is 21.1. The third-order valence-electron chi connectivity index (χ3n) is 3.54. The molecule has 0 bridgehead atoms. The lowest BCUT2D eigenvalue weighted by Gasteiger charge is -2.17. The number of anilines is 1. The van der Waals surface area contributed by atoms with Crippen LogP contribution in [-0.2, 0) is 16.0 Å². The molecule has 0 aliphatic carbocycles. The third kappa shape index (κ3) is 5.92. The zero-order chi connectivity index (χ0) is 20.1. The number of hydrogen-bond donors (Lipinski definition) is 3. The largest absolute Gasteiger partial charge is 0.480 e. The van der Waals surface area contributed by atoms with Gasteiger partial charge in [-0.2, -0.15) is 0 Å². The minimum atomic E-state index is -1.09. The summed E-state index contributed by atoms with van der Waals surface area (Å²) in [5.41, 5.74) is 0.666. The third-order valence-corrected chi connectivity index (χ3v) is 4.89. The Labute approximate surface area is 169 Å². The number of thiazole rings is 1. The van der Waals surface area contributed by atoms with Gasteiger partial charge >= 0.3 is 5.97 Å². The van der Waals surface area contributed by atoms with Crippen molar-refractivity contribution in [3.63, 3.8) is 0 Å². The molecule has 0 spiro atoms. The molecule has 0 aliphatic rings. The Balaban J connectivity index is 1.99. The number of aromatic nitrogens is 1. The first-order valence-electron chi connectivity index (χ1n) is 7.90. The number of rotatable bonds is 7. The van der Waals surface area contributed by atoms with Gasteiger partial charge in [-0.25, -0.2) is 9.78 Å². The van der Waals surface area contributed by atoms with Gasteiger partial charge in [0.1, 0.15) is 6.04 Å². The first-order valence-corrected chi connectivity index (χ1v) is 9.54. The average molecular weight is 430 g/mol. The minimum absolute atomic E-state index is 0.0927. The van der Waals surface area contributed by atoms with E-state index in [1.54, 1.807) is 25.3 Å². The molecule has 1 unspecified atom stereocenters. The van der Waals surface area contributed by atoms with Crippen LogP contribution in [0.3, 0.4) is 0 Å². The van der Waals surface area contributed by atoms with Gasteiger partial charge in [-0.1, -0.05) is 37.0 Å². The van der Waals surface area contributed by atoms with Gasteiger partial charge in [0.15, 0.2) is 5.13 Å². The van der Waals surface area contributed by atoms with Gasteiger partial charge in [-0.3, -0.25) is 14.9 Å². The number of amides is 2. The highest BCUT2D eigenvalue weighted by Gasteiger charge is 2.23. The van der Waals surface area contributed by atoms with Crippen molar-refractivity contribution in [3.8, 4) is 0 Å². The maximum atomic E-state index is 12.3. The molecule has 2 rings (SSSR count). The molecular formula is C17H17Cl2N3O4S. The lowest BCUT2D eigenvalue weighted by molar-refractivity contribution is -0.143. The monoisotopic (exact) mass is 429 g/mol. The Bertz CT molecular complexity index is 870. The van der Waals surface area contributed by atoms with Crippen LogP contribution in [0.5, 0.6) is 0 Å². The van der Waals surface area contributed by atoms with E-state index >= 15 is 0 Å². The molecule has 10 heteroatoms. The molecule has 2 amide bonds. The Morgan fingerprint density at radius 2 is 1.96 bits per heavy atom. The average Bonchev–Trinajstić information content (AvgIpc) is 2.98. The number of benzene rings is 1. The minimum Gasteiger partial charge on any atom is -0.480 e. The van der Waals surface area contributed by atoms with Crippen LogP contribution in [0.15, 0.2) is 23.6 Å². The number of nitrogens with zero attached hydrogens (tertiary/aromatic N) is 1. The second kappa shape index (κ2) is 9.16. The van der Waals surface area contributed by atoms with Crippen LogP contribution in [0.1, 0.15) is 29.9 Å². The maximum absolute atomic E-state index is 12.3. The molecule has 0 radical (unpaired) electrons. The highest BCUT2D eigenvalue weighted by molar-refractivity contribution is 7.14. The van der Waals surface area contributed by atoms with Crippen LogP contribution in [-0.4, -0.2) is 33.9 Å². The van der Waals surface area contributed by atoms with Gasteiger partial charge < -0.3 is 10.4 Å². The summed E-state index contributed by atoms with van der Waals surface area (Å²) in [5, 5.41) is 16.7. The van der Waals surface area contributed by atoms with Gasteiger partial charge in [0.05, 0.1) is 22.7 Å². The summed E-state index contributed by atoms with van der Waals surface area (Å²) >= 11 is 13.0. The zero-order valence-electron chi connectivity index (χ0n) is 14.5. The van der Waals surface area contributed by atoms with Crippen molar-refractivity contribution >= 4 is 57.5 Å². The Morgan fingerprint density at radius 1 is 1.26 bits per heavy atom. The molecule has 1 atom stereocenters. The van der Waals surface area contributed by atoms with E-state index < -0.39 is 23.8 Å². The molecule has 144 valence electrons. The van der Waals surface area contributed by atoms with E-state index in [2.05, 4.69) is 15.6 Å². The number of hydrogen-bond acceptors (Lipinski definition) is 5. The van der Waals surface area contributed by atoms with Gasteiger partial charge in [0, 0.05) is 10.4 Å². The van der Waals surface area contributed by atoms with E-state index in [1.165, 1.54) is 12.1 Å². The van der Waals surface area contributed by atoms with Gasteiger partial charge in [-0.15, -0.1) is 11.3 Å². The Hall–Kier alpha value is -2.16. The molecule has 0 fully saturated rings. The standard InChI is InChI=1S/C17H17Cl2N3O4S/c1-8(2)14(16(25)26)21-13(23)6-10-7-27-17(20-10)22-15(24)11-4-3-9(18)5-12(11)19/h3-5,7-8,14H,6H2,1-2H3,(H,21,23)(H,25,26)(H,20,22,24). The van der Waals surface area contributed by atoms with Crippen molar-refractivity contribution in [2.24, 2.45) is 5.92 Å². The van der Waals surface area contributed by atoms with Crippen molar-refractivity contribution in [2.75, 3.05) is 5.32 Å². The van der Waals surface area contributed by atoms with Crippen LogP contribution in [0, 0.1) is 5.92 Å². The fourth-order valence-electron chi connectivity index (χ4n) is 2.19. The molecule has 1 aromatic carbocycles. The number of aliphatic carboxylic acids is 1. The molecule has 0 saturated heterocycles. The van der Waals surface area contributed by atoms with E-state index in [-0.39, 0.29) is 22.9 Å². The Kier molecular flexibility index (Phi) is 7.18. The van der Waals surface area contributed by atoms with Crippen molar-refractivity contribution < 1.29 is 19.5 Å². The second-order valence-corrected chi connectivity index (χ2v) is 7.73. The van der Waals surface area contributed by atoms with E-state index in [0.29, 0.717) is 15.8 Å². The number of nitrogens with one attached hydrogen (secondary N) is 2. The highest BCUT2D eigenvalue weighted by Crippen LogP contribution is 2.23. The lowest BCUT2D eigenvalue weighted by atomic mass is 10.0. The summed E-state index contributed by atoms with van der Waals surface area (Å²) in [5.74, 6) is -2.25. The summed E-state index contributed by atoms with van der Waals surface area (Å²) in [4.78, 5) is 39.6. The fraction of sp³-hybridized carbons (Fsp3) is 0.294. The summed E-state index contributed by atoms with van der Waals surface area (Å²) < 4.78 is 0. The van der Waals surface area contributed by atoms with Gasteiger partial charge in [0.2, 0.25) is 5.91 Å². The van der Waals surface area contributed by atoms with Crippen LogP contribution in [0.2, 0.25) is 10.0 Å². The number of carboxylic acids is 1. The van der Waals surface area contributed by atoms with Crippen LogP contribution in [0.25, 0.3) is 0 Å². The summed E-state index contributed by atoms with van der Waals surface area (Å²) in [6, 6.07) is 3.54.